The first-order chi connectivity index (χ1) is 14.2. The zero-order valence-corrected chi connectivity index (χ0v) is 18.6. The number of hydrogen-bond acceptors (Lipinski definition) is 3. The molecule has 5 nitrogen and oxygen atoms in total. The van der Waals surface area contributed by atoms with Gasteiger partial charge in [-0.3, -0.25) is 9.52 Å². The molecule has 0 aliphatic carbocycles. The summed E-state index contributed by atoms with van der Waals surface area (Å²) in [6.07, 6.45) is 0. The van der Waals surface area contributed by atoms with Crippen LogP contribution >= 0.6 is 11.6 Å². The number of anilines is 1. The van der Waals surface area contributed by atoms with Gasteiger partial charge in [-0.2, -0.15) is 0 Å². The molecule has 0 heterocycles. The summed E-state index contributed by atoms with van der Waals surface area (Å²) in [4.78, 5) is 14.6. The SMILES string of the molecule is Cc1ccc(CN(C)C(=O)c2ccc(C)c(NS(=O)(=O)c3ccc(Cl)cc3)c2)cc1. The van der Waals surface area contributed by atoms with Crippen LogP contribution in [0.1, 0.15) is 27.0 Å². The van der Waals surface area contributed by atoms with Gasteiger partial charge in [-0.1, -0.05) is 47.5 Å². The van der Waals surface area contributed by atoms with E-state index in [4.69, 9.17) is 11.6 Å². The number of aryl methyl sites for hydroxylation is 2. The summed E-state index contributed by atoms with van der Waals surface area (Å²) >= 11 is 5.84. The van der Waals surface area contributed by atoms with Crippen LogP contribution in [0.4, 0.5) is 5.69 Å². The maximum absolute atomic E-state index is 12.9. The summed E-state index contributed by atoms with van der Waals surface area (Å²) in [7, 11) is -2.08. The molecule has 7 heteroatoms. The van der Waals surface area contributed by atoms with Gasteiger partial charge in [0.05, 0.1) is 10.6 Å². The second-order valence-corrected chi connectivity index (χ2v) is 9.35. The Hall–Kier alpha value is -2.83. The van der Waals surface area contributed by atoms with Crippen molar-refractivity contribution >= 4 is 33.2 Å². The smallest absolute Gasteiger partial charge is 0.261 e. The van der Waals surface area contributed by atoms with E-state index >= 15 is 0 Å². The fourth-order valence-electron chi connectivity index (χ4n) is 2.94. The summed E-state index contributed by atoms with van der Waals surface area (Å²) in [5, 5.41) is 0.453. The minimum absolute atomic E-state index is 0.0968. The molecule has 0 saturated heterocycles. The van der Waals surface area contributed by atoms with E-state index in [1.165, 1.54) is 24.3 Å². The van der Waals surface area contributed by atoms with Crippen LogP contribution in [0.3, 0.4) is 0 Å². The molecule has 0 saturated carbocycles. The number of benzene rings is 3. The van der Waals surface area contributed by atoms with Crippen LogP contribution in [0.2, 0.25) is 5.02 Å². The van der Waals surface area contributed by atoms with Crippen molar-refractivity contribution in [2.45, 2.75) is 25.3 Å². The predicted molar refractivity (Wildman–Crippen MR) is 120 cm³/mol. The van der Waals surface area contributed by atoms with Crippen LogP contribution in [0.5, 0.6) is 0 Å². The number of amides is 1. The monoisotopic (exact) mass is 442 g/mol. The molecule has 1 amide bonds. The molecule has 0 atom stereocenters. The number of sulfonamides is 1. The van der Waals surface area contributed by atoms with Crippen LogP contribution in [0.25, 0.3) is 0 Å². The fourth-order valence-corrected chi connectivity index (χ4v) is 4.19. The Morgan fingerprint density at radius 3 is 2.23 bits per heavy atom. The summed E-state index contributed by atoms with van der Waals surface area (Å²) in [5.74, 6) is -0.192. The highest BCUT2D eigenvalue weighted by Crippen LogP contribution is 2.23. The van der Waals surface area contributed by atoms with Gasteiger partial charge in [0.25, 0.3) is 15.9 Å². The Morgan fingerprint density at radius 2 is 1.60 bits per heavy atom. The molecule has 0 bridgehead atoms. The Morgan fingerprint density at radius 1 is 0.967 bits per heavy atom. The van der Waals surface area contributed by atoms with E-state index < -0.39 is 10.0 Å². The largest absolute Gasteiger partial charge is 0.337 e. The lowest BCUT2D eigenvalue weighted by Crippen LogP contribution is -2.26. The second-order valence-electron chi connectivity index (χ2n) is 7.24. The molecule has 156 valence electrons. The van der Waals surface area contributed by atoms with Crippen LogP contribution in [0.15, 0.2) is 71.6 Å². The Kier molecular flexibility index (Phi) is 6.48. The molecule has 3 aromatic rings. The molecule has 3 rings (SSSR count). The number of halogens is 1. The van der Waals surface area contributed by atoms with E-state index in [2.05, 4.69) is 4.72 Å². The van der Waals surface area contributed by atoms with Gasteiger partial charge >= 0.3 is 0 Å². The van der Waals surface area contributed by atoms with Gasteiger partial charge in [0.1, 0.15) is 0 Å². The van der Waals surface area contributed by atoms with Crippen molar-refractivity contribution in [3.8, 4) is 0 Å². The number of rotatable bonds is 6. The highest BCUT2D eigenvalue weighted by Gasteiger charge is 2.18. The van der Waals surface area contributed by atoms with Crippen molar-refractivity contribution in [1.29, 1.82) is 0 Å². The number of nitrogens with one attached hydrogen (secondary N) is 1. The van der Waals surface area contributed by atoms with E-state index in [0.717, 1.165) is 11.1 Å². The Bertz CT molecular complexity index is 1160. The molecule has 0 aliphatic rings. The van der Waals surface area contributed by atoms with Gasteiger partial charge in [-0.05, 0) is 61.4 Å². The molecule has 0 spiro atoms. The first-order valence-electron chi connectivity index (χ1n) is 9.36. The second kappa shape index (κ2) is 8.90. The maximum atomic E-state index is 12.9. The van der Waals surface area contributed by atoms with Gasteiger partial charge < -0.3 is 4.90 Å². The molecule has 3 aromatic carbocycles. The standard InChI is InChI=1S/C23H23ClN2O3S/c1-16-4-7-18(8-5-16)15-26(3)23(27)19-9-6-17(2)22(14-19)25-30(28,29)21-12-10-20(24)11-13-21/h4-14,25H,15H2,1-3H3. The molecule has 1 N–H and O–H groups in total. The van der Waals surface area contributed by atoms with Crippen LogP contribution < -0.4 is 4.72 Å². The lowest BCUT2D eigenvalue weighted by molar-refractivity contribution is 0.0785. The number of carbonyl (C=O) groups is 1. The molecular formula is C23H23ClN2O3S. The zero-order valence-electron chi connectivity index (χ0n) is 17.0. The minimum Gasteiger partial charge on any atom is -0.337 e. The minimum atomic E-state index is -3.80. The third-order valence-electron chi connectivity index (χ3n) is 4.74. The Labute approximate surface area is 182 Å². The van der Waals surface area contributed by atoms with Crippen molar-refractivity contribution in [3.63, 3.8) is 0 Å². The number of nitrogens with zero attached hydrogens (tertiary/aromatic N) is 1. The summed E-state index contributed by atoms with van der Waals surface area (Å²) < 4.78 is 28.0. The van der Waals surface area contributed by atoms with Crippen molar-refractivity contribution in [1.82, 2.24) is 4.90 Å². The van der Waals surface area contributed by atoms with Gasteiger partial charge in [0.15, 0.2) is 0 Å². The van der Waals surface area contributed by atoms with E-state index in [1.54, 1.807) is 37.1 Å². The fraction of sp³-hybridized carbons (Fsp3) is 0.174. The highest BCUT2D eigenvalue weighted by molar-refractivity contribution is 7.92. The quantitative estimate of drug-likeness (QED) is 0.582. The Balaban J connectivity index is 1.81. The van der Waals surface area contributed by atoms with E-state index in [-0.39, 0.29) is 10.8 Å². The average molecular weight is 443 g/mol. The lowest BCUT2D eigenvalue weighted by atomic mass is 10.1. The van der Waals surface area contributed by atoms with E-state index in [0.29, 0.717) is 28.4 Å². The third-order valence-corrected chi connectivity index (χ3v) is 6.37. The number of carbonyl (C=O) groups excluding carboxylic acids is 1. The van der Waals surface area contributed by atoms with Gasteiger partial charge in [-0.25, -0.2) is 8.42 Å². The van der Waals surface area contributed by atoms with Gasteiger partial charge in [0, 0.05) is 24.2 Å². The lowest BCUT2D eigenvalue weighted by Gasteiger charge is -2.19. The van der Waals surface area contributed by atoms with Crippen molar-refractivity contribution in [2.24, 2.45) is 0 Å². The van der Waals surface area contributed by atoms with Gasteiger partial charge in [-0.15, -0.1) is 0 Å². The first kappa shape index (κ1) is 21.9. The molecule has 0 unspecified atom stereocenters. The average Bonchev–Trinajstić information content (AvgIpc) is 2.71. The van der Waals surface area contributed by atoms with Crippen molar-refractivity contribution in [3.05, 3.63) is 94.0 Å². The van der Waals surface area contributed by atoms with Crippen LogP contribution in [-0.4, -0.2) is 26.3 Å². The van der Waals surface area contributed by atoms with E-state index in [1.807, 2.05) is 31.2 Å². The topological polar surface area (TPSA) is 66.5 Å². The number of hydrogen-bond donors (Lipinski definition) is 1. The predicted octanol–water partition coefficient (Wildman–Crippen LogP) is 5.03. The zero-order chi connectivity index (χ0) is 21.9. The molecule has 0 fully saturated rings. The maximum Gasteiger partial charge on any atom is 0.261 e. The van der Waals surface area contributed by atoms with Gasteiger partial charge in [0.2, 0.25) is 0 Å². The summed E-state index contributed by atoms with van der Waals surface area (Å²) in [6.45, 7) is 4.25. The normalized spacial score (nSPS) is 11.2. The molecule has 0 aromatic heterocycles. The molecule has 0 aliphatic heterocycles. The van der Waals surface area contributed by atoms with Crippen molar-refractivity contribution in [2.75, 3.05) is 11.8 Å². The first-order valence-corrected chi connectivity index (χ1v) is 11.2. The molecule has 0 radical (unpaired) electrons. The van der Waals surface area contributed by atoms with Crippen LogP contribution in [0, 0.1) is 13.8 Å². The molecule has 30 heavy (non-hydrogen) atoms. The van der Waals surface area contributed by atoms with Crippen molar-refractivity contribution < 1.29 is 13.2 Å². The molecular weight excluding hydrogens is 420 g/mol. The highest BCUT2D eigenvalue weighted by atomic mass is 35.5. The third kappa shape index (κ3) is 5.20. The summed E-state index contributed by atoms with van der Waals surface area (Å²) in [6, 6.07) is 18.9. The summed E-state index contributed by atoms with van der Waals surface area (Å²) in [5.41, 5.74) is 3.66. The van der Waals surface area contributed by atoms with E-state index in [9.17, 15) is 13.2 Å². The van der Waals surface area contributed by atoms with Crippen LogP contribution in [-0.2, 0) is 16.6 Å².